The molecule has 1 fully saturated rings. The summed E-state index contributed by atoms with van der Waals surface area (Å²) in [6.45, 7) is 4.11. The first-order chi connectivity index (χ1) is 12.1. The quantitative estimate of drug-likeness (QED) is 0.708. The molecule has 0 unspecified atom stereocenters. The van der Waals surface area contributed by atoms with Crippen molar-refractivity contribution in [1.29, 1.82) is 0 Å². The minimum Gasteiger partial charge on any atom is -0.367 e. The molecule has 6 heteroatoms. The highest BCUT2D eigenvalue weighted by Crippen LogP contribution is 2.34. The monoisotopic (exact) mass is 336 g/mol. The molecule has 0 amide bonds. The Morgan fingerprint density at radius 1 is 1.36 bits per heavy atom. The number of nitrogens with two attached hydrogens (primary N) is 1. The van der Waals surface area contributed by atoms with Gasteiger partial charge in [0.25, 0.3) is 0 Å². The molecule has 0 aromatic carbocycles. The number of anilines is 1. The number of aromatic nitrogens is 4. The van der Waals surface area contributed by atoms with E-state index >= 15 is 0 Å². The molecule has 25 heavy (non-hydrogen) atoms. The number of aryl methyl sites for hydroxylation is 1. The minimum atomic E-state index is 0. The van der Waals surface area contributed by atoms with Crippen LogP contribution in [-0.2, 0) is 0 Å². The Morgan fingerprint density at radius 3 is 2.96 bits per heavy atom. The van der Waals surface area contributed by atoms with E-state index in [1.807, 2.05) is 31.3 Å². The fourth-order valence-corrected chi connectivity index (χ4v) is 3.03. The molecule has 2 N–H and O–H groups in total. The molecule has 3 aromatic rings. The number of fused-ring (bicyclic) bond motifs is 1. The second-order valence-corrected chi connectivity index (χ2v) is 6.81. The highest BCUT2D eigenvalue weighted by molar-refractivity contribution is 5.85. The fourth-order valence-electron chi connectivity index (χ4n) is 3.03. The summed E-state index contributed by atoms with van der Waals surface area (Å²) in [5.74, 6) is 1.19. The molecular formula is C19H24N6. The maximum atomic E-state index is 5.64. The third kappa shape index (κ3) is 3.38. The van der Waals surface area contributed by atoms with Crippen molar-refractivity contribution in [3.05, 3.63) is 36.3 Å². The van der Waals surface area contributed by atoms with E-state index < -0.39 is 0 Å². The maximum absolute atomic E-state index is 5.64. The molecule has 0 bridgehead atoms. The van der Waals surface area contributed by atoms with E-state index in [4.69, 9.17) is 15.7 Å². The summed E-state index contributed by atoms with van der Waals surface area (Å²) in [7, 11) is 0. The second kappa shape index (κ2) is 6.27. The summed E-state index contributed by atoms with van der Waals surface area (Å²) in [6, 6.07) is 6.03. The van der Waals surface area contributed by atoms with Gasteiger partial charge in [0.2, 0.25) is 5.95 Å². The number of nitrogens with zero attached hydrogens (tertiary/aromatic N) is 5. The van der Waals surface area contributed by atoms with E-state index in [-0.39, 0.29) is 7.37 Å². The highest BCUT2D eigenvalue weighted by atomic mass is 15.3. The molecule has 4 rings (SSSR count). The molecule has 1 saturated carbocycles. The summed E-state index contributed by atoms with van der Waals surface area (Å²) in [5, 5.41) is 4.17. The Hall–Kier alpha value is -2.76. The van der Waals surface area contributed by atoms with Crippen LogP contribution in [0.2, 0.25) is 0 Å². The van der Waals surface area contributed by atoms with Crippen LogP contribution in [0.25, 0.3) is 16.8 Å². The molecule has 3 heterocycles. The largest absolute Gasteiger partial charge is 0.367 e. The van der Waals surface area contributed by atoms with Crippen molar-refractivity contribution in [2.45, 2.75) is 39.5 Å². The number of aliphatic imine (C=N–C) groups is 1. The van der Waals surface area contributed by atoms with E-state index in [1.165, 1.54) is 25.0 Å². The Bertz CT molecular complexity index is 958. The molecule has 0 spiro atoms. The van der Waals surface area contributed by atoms with Gasteiger partial charge >= 0.3 is 0 Å². The number of rotatable bonds is 5. The molecule has 1 aliphatic rings. The molecule has 6 nitrogen and oxygen atoms in total. The Labute approximate surface area is 148 Å². The van der Waals surface area contributed by atoms with E-state index in [1.54, 1.807) is 10.7 Å². The van der Waals surface area contributed by atoms with Crippen LogP contribution < -0.4 is 5.73 Å². The molecule has 3 aromatic heterocycles. The summed E-state index contributed by atoms with van der Waals surface area (Å²) >= 11 is 0. The van der Waals surface area contributed by atoms with Crippen molar-refractivity contribution >= 4 is 22.9 Å². The van der Waals surface area contributed by atoms with Crippen LogP contribution in [0.1, 0.15) is 39.7 Å². The van der Waals surface area contributed by atoms with Crippen molar-refractivity contribution in [1.82, 2.24) is 19.6 Å². The van der Waals surface area contributed by atoms with Crippen LogP contribution in [0.3, 0.4) is 0 Å². The van der Waals surface area contributed by atoms with Gasteiger partial charge in [0.1, 0.15) is 0 Å². The summed E-state index contributed by atoms with van der Waals surface area (Å²) in [4.78, 5) is 13.6. The Balaban J connectivity index is 0.00000196. The van der Waals surface area contributed by atoms with Crippen molar-refractivity contribution in [3.63, 3.8) is 0 Å². The summed E-state index contributed by atoms with van der Waals surface area (Å²) < 4.78 is 1.72. The Kier molecular flexibility index (Phi) is 3.95. The van der Waals surface area contributed by atoms with Crippen LogP contribution in [0.5, 0.6) is 0 Å². The van der Waals surface area contributed by atoms with Gasteiger partial charge in [0, 0.05) is 18.9 Å². The van der Waals surface area contributed by atoms with Gasteiger partial charge in [-0.15, -0.1) is 5.10 Å². The highest BCUT2D eigenvalue weighted by Gasteiger charge is 2.20. The van der Waals surface area contributed by atoms with Crippen LogP contribution in [-0.4, -0.2) is 25.3 Å². The lowest BCUT2D eigenvalue weighted by Crippen LogP contribution is -1.99. The number of hydrogen-bond donors (Lipinski definition) is 1. The van der Waals surface area contributed by atoms with Gasteiger partial charge in [-0.2, -0.15) is 0 Å². The summed E-state index contributed by atoms with van der Waals surface area (Å²) in [5.41, 5.74) is 11.5. The average molecular weight is 336 g/mol. The first-order valence-corrected chi connectivity index (χ1v) is 8.72. The van der Waals surface area contributed by atoms with E-state index in [9.17, 15) is 0 Å². The number of pyridine rings is 1. The molecule has 130 valence electrons. The molecule has 0 radical (unpaired) electrons. The van der Waals surface area contributed by atoms with Crippen LogP contribution in [0.15, 0.2) is 35.6 Å². The number of hydrogen-bond acceptors (Lipinski definition) is 5. The first kappa shape index (κ1) is 15.7. The normalized spacial score (nSPS) is 15.0. The molecule has 0 aliphatic heterocycles. The van der Waals surface area contributed by atoms with Crippen molar-refractivity contribution in [2.75, 3.05) is 5.73 Å². The van der Waals surface area contributed by atoms with Crippen LogP contribution in [0, 0.1) is 12.8 Å². The van der Waals surface area contributed by atoms with Crippen LogP contribution >= 0.6 is 0 Å². The van der Waals surface area contributed by atoms with Gasteiger partial charge in [-0.05, 0) is 50.8 Å². The lowest BCUT2D eigenvalue weighted by atomic mass is 10.1. The minimum absolute atomic E-state index is 0. The molecular weight excluding hydrogens is 312 g/mol. The number of nitrogen functional groups attached to an aromatic ring is 1. The van der Waals surface area contributed by atoms with Gasteiger partial charge in [-0.3, -0.25) is 9.98 Å². The molecule has 1 aliphatic carbocycles. The Morgan fingerprint density at radius 2 is 2.20 bits per heavy atom. The predicted octanol–water partition coefficient (Wildman–Crippen LogP) is 4.21. The third-order valence-corrected chi connectivity index (χ3v) is 4.69. The third-order valence-electron chi connectivity index (χ3n) is 4.69. The molecule has 0 atom stereocenters. The zero-order valence-electron chi connectivity index (χ0n) is 14.6. The van der Waals surface area contributed by atoms with Gasteiger partial charge < -0.3 is 5.73 Å². The topological polar surface area (TPSA) is 81.5 Å². The maximum Gasteiger partial charge on any atom is 0.238 e. The van der Waals surface area contributed by atoms with Crippen molar-refractivity contribution in [2.24, 2.45) is 10.9 Å². The second-order valence-electron chi connectivity index (χ2n) is 6.81. The van der Waals surface area contributed by atoms with Gasteiger partial charge in [0.15, 0.2) is 0 Å². The smallest absolute Gasteiger partial charge is 0.238 e. The van der Waals surface area contributed by atoms with Gasteiger partial charge in [-0.25, -0.2) is 9.50 Å². The van der Waals surface area contributed by atoms with E-state index in [2.05, 4.69) is 17.0 Å². The molecule has 0 saturated heterocycles. The SMILES string of the molecule is CC(CCC1CC1)=Nc1ccc(-c2ccn3nc(N)ncc23)nc1C.[HH]. The van der Waals surface area contributed by atoms with Crippen molar-refractivity contribution < 1.29 is 1.43 Å². The first-order valence-electron chi connectivity index (χ1n) is 8.72. The lowest BCUT2D eigenvalue weighted by Gasteiger charge is -2.06. The zero-order chi connectivity index (χ0) is 17.4. The van der Waals surface area contributed by atoms with Crippen molar-refractivity contribution in [3.8, 4) is 11.3 Å². The zero-order valence-corrected chi connectivity index (χ0v) is 14.6. The standard InChI is InChI=1S/C19H22N6.H2/c1-12(3-4-14-5-6-14)22-16-7-8-17(23-13(16)2)15-9-10-25-18(15)11-21-19(20)24-25;/h7-11,14H,3-6H2,1-2H3,(H2,20,24);1H. The van der Waals surface area contributed by atoms with Gasteiger partial charge in [0.05, 0.1) is 28.8 Å². The fraction of sp³-hybridized carbons (Fsp3) is 0.368. The summed E-state index contributed by atoms with van der Waals surface area (Å²) in [6.07, 6.45) is 8.72. The van der Waals surface area contributed by atoms with Gasteiger partial charge in [-0.1, -0.05) is 12.8 Å². The van der Waals surface area contributed by atoms with E-state index in [0.717, 1.165) is 40.5 Å². The predicted molar refractivity (Wildman–Crippen MR) is 102 cm³/mol. The average Bonchev–Trinajstić information content (AvgIpc) is 3.33. The van der Waals surface area contributed by atoms with Crippen LogP contribution in [0.4, 0.5) is 11.6 Å². The van der Waals surface area contributed by atoms with E-state index in [0.29, 0.717) is 0 Å². The lowest BCUT2D eigenvalue weighted by molar-refractivity contribution is 0.757.